The molecule has 1 N–H and O–H groups in total. The van der Waals surface area contributed by atoms with Crippen molar-refractivity contribution in [1.29, 1.82) is 0 Å². The summed E-state index contributed by atoms with van der Waals surface area (Å²) in [6, 6.07) is -0.153. The molecule has 2 saturated heterocycles. The quantitative estimate of drug-likeness (QED) is 0.744. The number of carbonyl (C=O) groups excluding carboxylic acids is 1. The molecule has 7 nitrogen and oxygen atoms in total. The zero-order valence-corrected chi connectivity index (χ0v) is 14.5. The minimum Gasteiger partial charge on any atom is -0.390 e. The summed E-state index contributed by atoms with van der Waals surface area (Å²) in [4.78, 5) is 15.3. The first-order valence-corrected chi connectivity index (χ1v) is 10.1. The van der Waals surface area contributed by atoms with Gasteiger partial charge in [-0.3, -0.25) is 9.69 Å². The van der Waals surface area contributed by atoms with Crippen molar-refractivity contribution >= 4 is 15.9 Å². The Morgan fingerprint density at radius 1 is 1.04 bits per heavy atom. The van der Waals surface area contributed by atoms with E-state index in [-0.39, 0.29) is 23.7 Å². The summed E-state index contributed by atoms with van der Waals surface area (Å²) in [5.74, 6) is 0.0714. The van der Waals surface area contributed by atoms with Crippen molar-refractivity contribution in [2.24, 2.45) is 0 Å². The van der Waals surface area contributed by atoms with E-state index in [0.717, 1.165) is 25.7 Å². The molecule has 1 amide bonds. The first-order chi connectivity index (χ1) is 10.9. The third-order valence-electron chi connectivity index (χ3n) is 5.54. The van der Waals surface area contributed by atoms with E-state index in [9.17, 15) is 18.3 Å². The number of aliphatic hydroxyl groups is 1. The second-order valence-corrected chi connectivity index (χ2v) is 9.16. The fraction of sp³-hybridized carbons (Fsp3) is 0.933. The van der Waals surface area contributed by atoms with Crippen LogP contribution in [-0.4, -0.2) is 90.2 Å². The molecule has 1 aliphatic carbocycles. The van der Waals surface area contributed by atoms with Gasteiger partial charge in [-0.25, -0.2) is 8.42 Å². The van der Waals surface area contributed by atoms with Gasteiger partial charge in [0, 0.05) is 46.2 Å². The third kappa shape index (κ3) is 3.40. The molecule has 0 unspecified atom stereocenters. The zero-order valence-electron chi connectivity index (χ0n) is 13.7. The highest BCUT2D eigenvalue weighted by molar-refractivity contribution is 7.89. The van der Waals surface area contributed by atoms with Gasteiger partial charge < -0.3 is 10.0 Å². The van der Waals surface area contributed by atoms with Crippen molar-refractivity contribution in [3.8, 4) is 0 Å². The SMILES string of the molecule is CC(=O)N1CCN([C@@H]2CN(S(=O)(=O)C3CCCC3)C[C@H]2O)CC1. The number of hydrogen-bond donors (Lipinski definition) is 1. The Morgan fingerprint density at radius 3 is 2.22 bits per heavy atom. The van der Waals surface area contributed by atoms with Gasteiger partial charge in [0.05, 0.1) is 17.4 Å². The van der Waals surface area contributed by atoms with E-state index in [1.807, 2.05) is 0 Å². The lowest BCUT2D eigenvalue weighted by molar-refractivity contribution is -0.131. The fourth-order valence-electron chi connectivity index (χ4n) is 4.07. The molecule has 8 heteroatoms. The van der Waals surface area contributed by atoms with Gasteiger partial charge in [-0.2, -0.15) is 4.31 Å². The van der Waals surface area contributed by atoms with Gasteiger partial charge in [0.1, 0.15) is 0 Å². The minimum atomic E-state index is -3.28. The Morgan fingerprint density at radius 2 is 1.65 bits per heavy atom. The molecule has 0 aromatic carbocycles. The van der Waals surface area contributed by atoms with Crippen LogP contribution in [0.25, 0.3) is 0 Å². The van der Waals surface area contributed by atoms with Gasteiger partial charge in [-0.15, -0.1) is 0 Å². The van der Waals surface area contributed by atoms with Crippen LogP contribution in [0.5, 0.6) is 0 Å². The minimum absolute atomic E-state index is 0.0714. The molecule has 23 heavy (non-hydrogen) atoms. The maximum absolute atomic E-state index is 12.7. The van der Waals surface area contributed by atoms with Crippen LogP contribution in [0.3, 0.4) is 0 Å². The van der Waals surface area contributed by atoms with E-state index in [0.29, 0.717) is 32.7 Å². The summed E-state index contributed by atoms with van der Waals surface area (Å²) in [5.41, 5.74) is 0. The Balaban J connectivity index is 1.62. The van der Waals surface area contributed by atoms with Gasteiger partial charge in [0.15, 0.2) is 0 Å². The second-order valence-electron chi connectivity index (χ2n) is 6.95. The van der Waals surface area contributed by atoms with Gasteiger partial charge >= 0.3 is 0 Å². The number of sulfonamides is 1. The standard InChI is InChI=1S/C15H27N3O4S/c1-12(19)16-6-8-17(9-7-16)14-10-18(11-15(14)20)23(21,22)13-4-2-3-5-13/h13-15,20H,2-11H2,1H3/t14-,15-/m1/s1. The Hall–Kier alpha value is -0.700. The normalized spacial score (nSPS) is 31.8. The average Bonchev–Trinajstić information content (AvgIpc) is 3.17. The fourth-order valence-corrected chi connectivity index (χ4v) is 6.14. The highest BCUT2D eigenvalue weighted by Crippen LogP contribution is 2.30. The van der Waals surface area contributed by atoms with Crippen LogP contribution in [0.1, 0.15) is 32.6 Å². The molecule has 0 aromatic heterocycles. The Bertz CT molecular complexity index is 539. The molecule has 0 bridgehead atoms. The van der Waals surface area contributed by atoms with E-state index in [1.165, 1.54) is 4.31 Å². The molecule has 0 radical (unpaired) electrons. The van der Waals surface area contributed by atoms with Crippen molar-refractivity contribution in [2.75, 3.05) is 39.3 Å². The highest BCUT2D eigenvalue weighted by Gasteiger charge is 2.44. The number of carbonyl (C=O) groups is 1. The van der Waals surface area contributed by atoms with Crippen LogP contribution in [-0.2, 0) is 14.8 Å². The Kier molecular flexibility index (Phi) is 4.96. The number of aliphatic hydroxyl groups excluding tert-OH is 1. The molecule has 2 atom stereocenters. The Labute approximate surface area is 138 Å². The monoisotopic (exact) mass is 345 g/mol. The van der Waals surface area contributed by atoms with Gasteiger partial charge in [0.2, 0.25) is 15.9 Å². The van der Waals surface area contributed by atoms with Crippen molar-refractivity contribution in [3.05, 3.63) is 0 Å². The lowest BCUT2D eigenvalue weighted by Gasteiger charge is -2.38. The molecule has 3 aliphatic rings. The smallest absolute Gasteiger partial charge is 0.219 e. The van der Waals surface area contributed by atoms with E-state index in [4.69, 9.17) is 0 Å². The molecule has 2 heterocycles. The summed E-state index contributed by atoms with van der Waals surface area (Å²) in [5, 5.41) is 10.1. The third-order valence-corrected chi connectivity index (χ3v) is 7.87. The number of β-amino-alcohol motifs (C(OH)–C–C–N with tert-alkyl or cyclic N) is 1. The molecule has 0 spiro atoms. The summed E-state index contributed by atoms with van der Waals surface area (Å²) in [6.07, 6.45) is 2.82. The summed E-state index contributed by atoms with van der Waals surface area (Å²) in [6.45, 7) is 4.82. The second kappa shape index (κ2) is 6.66. The predicted molar refractivity (Wildman–Crippen MR) is 86.4 cm³/mol. The van der Waals surface area contributed by atoms with Gasteiger partial charge in [0.25, 0.3) is 0 Å². The zero-order chi connectivity index (χ0) is 16.6. The van der Waals surface area contributed by atoms with Crippen molar-refractivity contribution in [3.63, 3.8) is 0 Å². The lowest BCUT2D eigenvalue weighted by atomic mass is 10.1. The first-order valence-electron chi connectivity index (χ1n) is 8.56. The molecule has 0 aromatic rings. The molecule has 3 fully saturated rings. The van der Waals surface area contributed by atoms with Crippen molar-refractivity contribution in [1.82, 2.24) is 14.1 Å². The van der Waals surface area contributed by atoms with E-state index >= 15 is 0 Å². The lowest BCUT2D eigenvalue weighted by Crippen LogP contribution is -2.54. The molecule has 2 aliphatic heterocycles. The average molecular weight is 345 g/mol. The summed E-state index contributed by atoms with van der Waals surface area (Å²) >= 11 is 0. The number of hydrogen-bond acceptors (Lipinski definition) is 5. The van der Waals surface area contributed by atoms with E-state index < -0.39 is 16.1 Å². The van der Waals surface area contributed by atoms with E-state index in [2.05, 4.69) is 4.90 Å². The number of amides is 1. The summed E-state index contributed by atoms with van der Waals surface area (Å²) < 4.78 is 26.9. The number of nitrogens with zero attached hydrogens (tertiary/aromatic N) is 3. The maximum atomic E-state index is 12.7. The molecule has 132 valence electrons. The topological polar surface area (TPSA) is 81.2 Å². The predicted octanol–water partition coefficient (Wildman–Crippen LogP) is -0.532. The van der Waals surface area contributed by atoms with Crippen LogP contribution in [0.15, 0.2) is 0 Å². The first kappa shape index (κ1) is 17.1. The van der Waals surface area contributed by atoms with Gasteiger partial charge in [-0.05, 0) is 12.8 Å². The molecular formula is C15H27N3O4S. The largest absolute Gasteiger partial charge is 0.390 e. The molecule has 3 rings (SSSR count). The summed E-state index contributed by atoms with van der Waals surface area (Å²) in [7, 11) is -3.28. The molecule has 1 saturated carbocycles. The number of rotatable bonds is 3. The van der Waals surface area contributed by atoms with Crippen LogP contribution in [0, 0.1) is 0 Å². The van der Waals surface area contributed by atoms with E-state index in [1.54, 1.807) is 11.8 Å². The molecular weight excluding hydrogens is 318 g/mol. The van der Waals surface area contributed by atoms with Crippen LogP contribution < -0.4 is 0 Å². The van der Waals surface area contributed by atoms with Crippen molar-refractivity contribution in [2.45, 2.75) is 50.0 Å². The van der Waals surface area contributed by atoms with Crippen molar-refractivity contribution < 1.29 is 18.3 Å². The number of piperazine rings is 1. The van der Waals surface area contributed by atoms with Crippen LogP contribution in [0.2, 0.25) is 0 Å². The van der Waals surface area contributed by atoms with Crippen LogP contribution >= 0.6 is 0 Å². The van der Waals surface area contributed by atoms with Gasteiger partial charge in [-0.1, -0.05) is 12.8 Å². The highest BCUT2D eigenvalue weighted by atomic mass is 32.2. The maximum Gasteiger partial charge on any atom is 0.219 e. The van der Waals surface area contributed by atoms with Crippen LogP contribution in [0.4, 0.5) is 0 Å².